The predicted octanol–water partition coefficient (Wildman–Crippen LogP) is 6.07. The summed E-state index contributed by atoms with van der Waals surface area (Å²) in [6, 6.07) is 25.4. The molecule has 0 heterocycles. The Hall–Kier alpha value is -4.64. The van der Waals surface area contributed by atoms with Crippen LogP contribution in [-0.4, -0.2) is 27.3 Å². The predicted molar refractivity (Wildman–Crippen MR) is 143 cm³/mol. The first-order chi connectivity index (χ1) is 19.0. The molecule has 0 saturated carbocycles. The van der Waals surface area contributed by atoms with Crippen LogP contribution in [-0.2, 0) is 25.7 Å². The number of carbonyl (C=O) groups is 2. The van der Waals surface area contributed by atoms with Crippen molar-refractivity contribution in [3.05, 3.63) is 126 Å². The number of carbonyl (C=O) groups excluding carboxylic acids is 2. The summed E-state index contributed by atoms with van der Waals surface area (Å²) in [7, 11) is -2.67. The van der Waals surface area contributed by atoms with E-state index in [1.54, 1.807) is 48.5 Å². The van der Waals surface area contributed by atoms with E-state index >= 15 is 0 Å². The van der Waals surface area contributed by atoms with Crippen molar-refractivity contribution in [2.75, 3.05) is 16.7 Å². The van der Waals surface area contributed by atoms with Crippen molar-refractivity contribution in [3.8, 4) is 0 Å². The van der Waals surface area contributed by atoms with Gasteiger partial charge in [-0.3, -0.25) is 9.10 Å². The number of nitrogens with one attached hydrogen (secondary N) is 1. The van der Waals surface area contributed by atoms with Crippen LogP contribution < -0.4 is 9.62 Å². The van der Waals surface area contributed by atoms with E-state index in [4.69, 9.17) is 4.74 Å². The second kappa shape index (κ2) is 11.6. The van der Waals surface area contributed by atoms with Crippen molar-refractivity contribution in [1.82, 2.24) is 0 Å². The normalized spacial score (nSPS) is 12.3. The number of hydrogen-bond acceptors (Lipinski definition) is 5. The van der Waals surface area contributed by atoms with Gasteiger partial charge in [0.2, 0.25) is 6.10 Å². The van der Waals surface area contributed by atoms with E-state index in [9.17, 15) is 31.2 Å². The molecule has 0 bridgehead atoms. The van der Waals surface area contributed by atoms with Gasteiger partial charge in [-0.05, 0) is 48.5 Å². The molecule has 0 aliphatic rings. The van der Waals surface area contributed by atoms with Gasteiger partial charge in [-0.1, -0.05) is 60.7 Å². The zero-order valence-corrected chi connectivity index (χ0v) is 21.8. The number of alkyl halides is 3. The molecule has 4 aromatic rings. The van der Waals surface area contributed by atoms with Crippen LogP contribution in [0.2, 0.25) is 0 Å². The van der Waals surface area contributed by atoms with Crippen molar-refractivity contribution in [2.24, 2.45) is 0 Å². The zero-order chi connectivity index (χ0) is 28.9. The smallest absolute Gasteiger partial charge is 0.416 e. The average Bonchev–Trinajstić information content (AvgIpc) is 2.96. The molecular weight excluding hydrogens is 545 g/mol. The van der Waals surface area contributed by atoms with Crippen molar-refractivity contribution in [1.29, 1.82) is 0 Å². The van der Waals surface area contributed by atoms with E-state index < -0.39 is 39.7 Å². The van der Waals surface area contributed by atoms with Crippen LogP contribution in [0.3, 0.4) is 0 Å². The molecule has 1 atom stereocenters. The summed E-state index contributed by atoms with van der Waals surface area (Å²) in [6.07, 6.45) is -6.16. The molecule has 40 heavy (non-hydrogen) atoms. The molecule has 0 aliphatic heterocycles. The molecule has 4 aromatic carbocycles. The maximum atomic E-state index is 13.2. The van der Waals surface area contributed by atoms with E-state index in [1.807, 2.05) is 0 Å². The maximum absolute atomic E-state index is 13.2. The lowest BCUT2D eigenvalue weighted by molar-refractivity contribution is -0.137. The summed E-state index contributed by atoms with van der Waals surface area (Å²) < 4.78 is 72.3. The third-order valence-corrected chi connectivity index (χ3v) is 7.65. The summed E-state index contributed by atoms with van der Waals surface area (Å²) in [5.41, 5.74) is -0.583. The van der Waals surface area contributed by atoms with Gasteiger partial charge >= 0.3 is 12.1 Å². The minimum atomic E-state index is -4.62. The topological polar surface area (TPSA) is 92.8 Å². The molecule has 1 amide bonds. The van der Waals surface area contributed by atoms with Gasteiger partial charge in [0.05, 0.1) is 21.7 Å². The van der Waals surface area contributed by atoms with Crippen molar-refractivity contribution >= 4 is 33.3 Å². The van der Waals surface area contributed by atoms with Gasteiger partial charge in [-0.2, -0.15) is 13.2 Å². The molecule has 0 spiro atoms. The highest BCUT2D eigenvalue weighted by atomic mass is 32.2. The van der Waals surface area contributed by atoms with Crippen molar-refractivity contribution in [3.63, 3.8) is 0 Å². The Bertz CT molecular complexity index is 1610. The summed E-state index contributed by atoms with van der Waals surface area (Å²) in [4.78, 5) is 26.1. The summed E-state index contributed by atoms with van der Waals surface area (Å²) >= 11 is 0. The fourth-order valence-electron chi connectivity index (χ4n) is 3.78. The third kappa shape index (κ3) is 6.49. The molecule has 0 aromatic heterocycles. The first-order valence-electron chi connectivity index (χ1n) is 11.8. The molecule has 0 aliphatic carbocycles. The Morgan fingerprint density at radius 3 is 2.10 bits per heavy atom. The fourth-order valence-corrected chi connectivity index (χ4v) is 5.02. The Morgan fingerprint density at radius 2 is 1.45 bits per heavy atom. The Kier molecular flexibility index (Phi) is 8.24. The lowest BCUT2D eigenvalue weighted by Gasteiger charge is -2.20. The number of amides is 1. The first kappa shape index (κ1) is 28.4. The number of ether oxygens (including phenoxy) is 1. The monoisotopic (exact) mass is 568 g/mol. The molecule has 206 valence electrons. The van der Waals surface area contributed by atoms with Crippen molar-refractivity contribution in [2.45, 2.75) is 17.2 Å². The molecule has 1 N–H and O–H groups in total. The molecule has 0 radical (unpaired) electrons. The van der Waals surface area contributed by atoms with Gasteiger partial charge in [0.25, 0.3) is 15.9 Å². The number of para-hydroxylation sites is 1. The van der Waals surface area contributed by atoms with E-state index in [2.05, 4.69) is 5.32 Å². The zero-order valence-electron chi connectivity index (χ0n) is 21.0. The molecule has 0 fully saturated rings. The number of halogens is 3. The van der Waals surface area contributed by atoms with E-state index in [-0.39, 0.29) is 21.7 Å². The van der Waals surface area contributed by atoms with Crippen LogP contribution in [0.5, 0.6) is 0 Å². The highest BCUT2D eigenvalue weighted by molar-refractivity contribution is 7.92. The lowest BCUT2D eigenvalue weighted by atomic mass is 10.1. The van der Waals surface area contributed by atoms with Gasteiger partial charge in [0.1, 0.15) is 0 Å². The largest absolute Gasteiger partial charge is 0.444 e. The number of benzene rings is 4. The summed E-state index contributed by atoms with van der Waals surface area (Å²) in [5, 5.41) is 2.36. The van der Waals surface area contributed by atoms with E-state index in [0.717, 1.165) is 28.6 Å². The number of esters is 1. The molecule has 4 rings (SSSR count). The summed E-state index contributed by atoms with van der Waals surface area (Å²) in [5.74, 6) is -1.90. The quantitative estimate of drug-likeness (QED) is 0.261. The Morgan fingerprint density at radius 1 is 0.825 bits per heavy atom. The molecule has 0 unspecified atom stereocenters. The van der Waals surface area contributed by atoms with Crippen LogP contribution in [0, 0.1) is 0 Å². The molecule has 11 heteroatoms. The first-order valence-corrected chi connectivity index (χ1v) is 13.3. The van der Waals surface area contributed by atoms with Crippen LogP contribution >= 0.6 is 0 Å². The second-order valence-electron chi connectivity index (χ2n) is 8.60. The molecular formula is C29H23F3N2O5S. The Labute approximate surface area is 228 Å². The number of sulfonamides is 1. The standard InChI is InChI=1S/C29H23F3N2O5S/c1-34(24-15-6-3-7-16-24)40(37,38)25-17-8-12-21(18-25)28(36)39-26(20-10-4-2-5-11-20)27(35)33-23-14-9-13-22(19-23)29(30,31)32/h2-19,26H,1H3,(H,33,35)/t26-/m1/s1. The van der Waals surface area contributed by atoms with Gasteiger partial charge < -0.3 is 10.1 Å². The van der Waals surface area contributed by atoms with Gasteiger partial charge in [0, 0.05) is 18.3 Å². The van der Waals surface area contributed by atoms with Gasteiger partial charge in [-0.15, -0.1) is 0 Å². The number of nitrogens with zero attached hydrogens (tertiary/aromatic N) is 1. The highest BCUT2D eigenvalue weighted by Gasteiger charge is 2.31. The number of rotatable bonds is 8. The minimum Gasteiger partial charge on any atom is -0.444 e. The molecule has 0 saturated heterocycles. The van der Waals surface area contributed by atoms with Crippen LogP contribution in [0.4, 0.5) is 24.5 Å². The number of hydrogen-bond donors (Lipinski definition) is 1. The van der Waals surface area contributed by atoms with Gasteiger partial charge in [0.15, 0.2) is 0 Å². The second-order valence-corrected chi connectivity index (χ2v) is 10.6. The van der Waals surface area contributed by atoms with Gasteiger partial charge in [-0.25, -0.2) is 13.2 Å². The SMILES string of the molecule is CN(c1ccccc1)S(=O)(=O)c1cccc(C(=O)O[C@@H](C(=O)Nc2cccc(C(F)(F)F)c2)c2ccccc2)c1. The minimum absolute atomic E-state index is 0.143. The fraction of sp³-hybridized carbons (Fsp3) is 0.103. The van der Waals surface area contributed by atoms with E-state index in [0.29, 0.717) is 5.69 Å². The van der Waals surface area contributed by atoms with Crippen LogP contribution in [0.1, 0.15) is 27.6 Å². The Balaban J connectivity index is 1.60. The summed E-state index contributed by atoms with van der Waals surface area (Å²) in [6.45, 7) is 0. The lowest BCUT2D eigenvalue weighted by Crippen LogP contribution is -2.27. The number of anilines is 2. The molecule has 7 nitrogen and oxygen atoms in total. The average molecular weight is 569 g/mol. The highest BCUT2D eigenvalue weighted by Crippen LogP contribution is 2.31. The van der Waals surface area contributed by atoms with Crippen LogP contribution in [0.15, 0.2) is 114 Å². The third-order valence-electron chi connectivity index (χ3n) is 5.87. The van der Waals surface area contributed by atoms with Crippen molar-refractivity contribution < 1.29 is 35.9 Å². The van der Waals surface area contributed by atoms with Crippen LogP contribution in [0.25, 0.3) is 0 Å². The van der Waals surface area contributed by atoms with E-state index in [1.165, 1.54) is 43.4 Å². The maximum Gasteiger partial charge on any atom is 0.416 e.